The van der Waals surface area contributed by atoms with E-state index in [1.54, 1.807) is 18.2 Å². The van der Waals surface area contributed by atoms with Crippen molar-refractivity contribution in [3.8, 4) is 0 Å². The van der Waals surface area contributed by atoms with Crippen LogP contribution < -0.4 is 20.5 Å². The number of amides is 2. The third kappa shape index (κ3) is 4.87. The Morgan fingerprint density at radius 1 is 1.18 bits per heavy atom. The van der Waals surface area contributed by atoms with Gasteiger partial charge in [0.25, 0.3) is 11.8 Å². The van der Waals surface area contributed by atoms with E-state index in [1.807, 2.05) is 25.1 Å². The van der Waals surface area contributed by atoms with Gasteiger partial charge in [-0.1, -0.05) is 11.2 Å². The highest BCUT2D eigenvalue weighted by Crippen LogP contribution is 2.18. The molecule has 0 aliphatic heterocycles. The number of aryl methyl sites for hydroxylation is 2. The topological polar surface area (TPSA) is 134 Å². The quantitative estimate of drug-likeness (QED) is 0.591. The van der Waals surface area contributed by atoms with Gasteiger partial charge in [-0.05, 0) is 39.0 Å². The van der Waals surface area contributed by atoms with Gasteiger partial charge in [0.1, 0.15) is 10.6 Å². The SMILES string of the molecule is Cc1noc(C)c1S(=O)(=O)N[C@@H](C)C(=O)NNC(=O)c1cccc(N(C)C)c1. The summed E-state index contributed by atoms with van der Waals surface area (Å²) in [5, 5.41) is 3.59. The number of hydrazine groups is 1. The van der Waals surface area contributed by atoms with Crippen LogP contribution in [0.2, 0.25) is 0 Å². The zero-order chi connectivity index (χ0) is 21.1. The van der Waals surface area contributed by atoms with Gasteiger partial charge in [0, 0.05) is 25.3 Å². The Hall–Kier alpha value is -2.92. The molecule has 11 heteroatoms. The van der Waals surface area contributed by atoms with Crippen molar-refractivity contribution in [3.05, 3.63) is 41.3 Å². The molecule has 2 amide bonds. The van der Waals surface area contributed by atoms with E-state index in [1.165, 1.54) is 20.8 Å². The van der Waals surface area contributed by atoms with Gasteiger partial charge in [0.15, 0.2) is 5.76 Å². The maximum Gasteiger partial charge on any atom is 0.269 e. The van der Waals surface area contributed by atoms with Crippen LogP contribution in [0.3, 0.4) is 0 Å². The predicted molar refractivity (Wildman–Crippen MR) is 102 cm³/mol. The van der Waals surface area contributed by atoms with E-state index in [4.69, 9.17) is 4.52 Å². The first-order valence-corrected chi connectivity index (χ1v) is 9.84. The zero-order valence-electron chi connectivity index (χ0n) is 16.2. The lowest BCUT2D eigenvalue weighted by Crippen LogP contribution is -2.51. The molecule has 28 heavy (non-hydrogen) atoms. The number of hydrogen-bond acceptors (Lipinski definition) is 7. The molecule has 0 bridgehead atoms. The molecule has 152 valence electrons. The number of anilines is 1. The van der Waals surface area contributed by atoms with E-state index >= 15 is 0 Å². The fourth-order valence-electron chi connectivity index (χ4n) is 2.43. The summed E-state index contributed by atoms with van der Waals surface area (Å²) in [5.41, 5.74) is 5.82. The number of carbonyl (C=O) groups excluding carboxylic acids is 2. The third-order valence-electron chi connectivity index (χ3n) is 3.89. The highest BCUT2D eigenvalue weighted by Gasteiger charge is 2.28. The molecule has 0 fully saturated rings. The fourth-order valence-corrected chi connectivity index (χ4v) is 3.96. The molecule has 0 unspecified atom stereocenters. The van der Waals surface area contributed by atoms with E-state index < -0.39 is 27.9 Å². The summed E-state index contributed by atoms with van der Waals surface area (Å²) in [4.78, 5) is 26.1. The number of hydrogen-bond donors (Lipinski definition) is 3. The number of nitrogens with zero attached hydrogens (tertiary/aromatic N) is 2. The Bertz CT molecular complexity index is 964. The van der Waals surface area contributed by atoms with Crippen LogP contribution in [-0.2, 0) is 14.8 Å². The lowest BCUT2D eigenvalue weighted by molar-refractivity contribution is -0.123. The Balaban J connectivity index is 1.99. The van der Waals surface area contributed by atoms with Gasteiger partial charge in [-0.25, -0.2) is 8.42 Å². The summed E-state index contributed by atoms with van der Waals surface area (Å²) in [6, 6.07) is 5.66. The normalized spacial score (nSPS) is 12.3. The number of benzene rings is 1. The van der Waals surface area contributed by atoms with Crippen LogP contribution in [0.25, 0.3) is 0 Å². The summed E-state index contributed by atoms with van der Waals surface area (Å²) in [6.45, 7) is 4.29. The number of rotatable bonds is 6. The average molecular weight is 409 g/mol. The summed E-state index contributed by atoms with van der Waals surface area (Å²) in [5.74, 6) is -1.14. The van der Waals surface area contributed by atoms with Crippen LogP contribution in [0, 0.1) is 13.8 Å². The summed E-state index contributed by atoms with van der Waals surface area (Å²) < 4.78 is 31.9. The standard InChI is InChI=1S/C17H23N5O5S/c1-10-15(12(3)27-20-10)28(25,26)21-11(2)16(23)18-19-17(24)13-7-6-8-14(9-13)22(4)5/h6-9,11,21H,1-5H3,(H,18,23)(H,19,24)/t11-/m0/s1. The van der Waals surface area contributed by atoms with Crippen molar-refractivity contribution in [1.29, 1.82) is 0 Å². The largest absolute Gasteiger partial charge is 0.378 e. The van der Waals surface area contributed by atoms with Gasteiger partial charge in [0.2, 0.25) is 10.0 Å². The molecule has 0 spiro atoms. The van der Waals surface area contributed by atoms with Crippen LogP contribution >= 0.6 is 0 Å². The van der Waals surface area contributed by atoms with E-state index in [0.29, 0.717) is 5.56 Å². The van der Waals surface area contributed by atoms with Gasteiger partial charge >= 0.3 is 0 Å². The molecule has 10 nitrogen and oxygen atoms in total. The van der Waals surface area contributed by atoms with Crippen LogP contribution in [0.1, 0.15) is 28.7 Å². The summed E-state index contributed by atoms with van der Waals surface area (Å²) in [6.07, 6.45) is 0. The number of aromatic nitrogens is 1. The first kappa shape index (κ1) is 21.4. The van der Waals surface area contributed by atoms with Crippen molar-refractivity contribution in [2.75, 3.05) is 19.0 Å². The monoisotopic (exact) mass is 409 g/mol. The number of sulfonamides is 1. The fraction of sp³-hybridized carbons (Fsp3) is 0.353. The first-order valence-electron chi connectivity index (χ1n) is 8.35. The predicted octanol–water partition coefficient (Wildman–Crippen LogP) is 0.485. The number of carbonyl (C=O) groups is 2. The molecule has 0 saturated heterocycles. The van der Waals surface area contributed by atoms with Crippen molar-refractivity contribution < 1.29 is 22.5 Å². The van der Waals surface area contributed by atoms with E-state index in [2.05, 4.69) is 20.7 Å². The lowest BCUT2D eigenvalue weighted by atomic mass is 10.2. The molecule has 1 aromatic heterocycles. The Labute approximate surface area is 163 Å². The second-order valence-corrected chi connectivity index (χ2v) is 8.04. The molecule has 2 aromatic rings. The van der Waals surface area contributed by atoms with Gasteiger partial charge in [-0.3, -0.25) is 20.4 Å². The molecular formula is C17H23N5O5S. The third-order valence-corrected chi connectivity index (χ3v) is 5.67. The van der Waals surface area contributed by atoms with Crippen molar-refractivity contribution in [2.24, 2.45) is 0 Å². The molecule has 0 aliphatic rings. The minimum absolute atomic E-state index is 0.114. The zero-order valence-corrected chi connectivity index (χ0v) is 17.0. The molecular weight excluding hydrogens is 386 g/mol. The van der Waals surface area contributed by atoms with Crippen molar-refractivity contribution in [2.45, 2.75) is 31.7 Å². The molecule has 3 N–H and O–H groups in total. The average Bonchev–Trinajstić information content (AvgIpc) is 2.98. The summed E-state index contributed by atoms with van der Waals surface area (Å²) in [7, 11) is -0.336. The molecule has 2 rings (SSSR count). The second-order valence-electron chi connectivity index (χ2n) is 6.38. The highest BCUT2D eigenvalue weighted by molar-refractivity contribution is 7.89. The minimum Gasteiger partial charge on any atom is -0.378 e. The van der Waals surface area contributed by atoms with Crippen molar-refractivity contribution in [3.63, 3.8) is 0 Å². The van der Waals surface area contributed by atoms with Crippen molar-refractivity contribution in [1.82, 2.24) is 20.7 Å². The van der Waals surface area contributed by atoms with Gasteiger partial charge < -0.3 is 9.42 Å². The Kier molecular flexibility index (Phi) is 6.41. The first-order chi connectivity index (χ1) is 13.0. The van der Waals surface area contributed by atoms with Crippen LogP contribution in [0.4, 0.5) is 5.69 Å². The lowest BCUT2D eigenvalue weighted by Gasteiger charge is -2.16. The Morgan fingerprint density at radius 3 is 2.43 bits per heavy atom. The van der Waals surface area contributed by atoms with Crippen LogP contribution in [0.5, 0.6) is 0 Å². The Morgan fingerprint density at radius 2 is 1.86 bits per heavy atom. The molecule has 1 atom stereocenters. The molecule has 1 heterocycles. The maximum atomic E-state index is 12.4. The molecule has 0 radical (unpaired) electrons. The molecule has 0 saturated carbocycles. The summed E-state index contributed by atoms with van der Waals surface area (Å²) >= 11 is 0. The van der Waals surface area contributed by atoms with E-state index in [9.17, 15) is 18.0 Å². The minimum atomic E-state index is -4.01. The highest BCUT2D eigenvalue weighted by atomic mass is 32.2. The van der Waals surface area contributed by atoms with E-state index in [0.717, 1.165) is 5.69 Å². The van der Waals surface area contributed by atoms with Gasteiger partial charge in [0.05, 0.1) is 6.04 Å². The van der Waals surface area contributed by atoms with E-state index in [-0.39, 0.29) is 16.3 Å². The second kappa shape index (κ2) is 8.40. The van der Waals surface area contributed by atoms with Gasteiger partial charge in [-0.2, -0.15) is 4.72 Å². The van der Waals surface area contributed by atoms with Crippen molar-refractivity contribution >= 4 is 27.5 Å². The van der Waals surface area contributed by atoms with Crippen LogP contribution in [0.15, 0.2) is 33.7 Å². The molecule has 0 aliphatic carbocycles. The molecule has 1 aromatic carbocycles. The van der Waals surface area contributed by atoms with Gasteiger partial charge in [-0.15, -0.1) is 0 Å². The number of nitrogens with one attached hydrogen (secondary N) is 3. The maximum absolute atomic E-state index is 12.4. The van der Waals surface area contributed by atoms with Crippen LogP contribution in [-0.4, -0.2) is 45.5 Å². The smallest absolute Gasteiger partial charge is 0.269 e.